The van der Waals surface area contributed by atoms with Crippen molar-refractivity contribution >= 4 is 39.3 Å². The minimum atomic E-state index is -0.425. The van der Waals surface area contributed by atoms with Crippen molar-refractivity contribution in [2.24, 2.45) is 0 Å². The lowest BCUT2D eigenvalue weighted by Gasteiger charge is -2.14. The molecule has 4 aromatic carbocycles. The highest BCUT2D eigenvalue weighted by atomic mass is 19.1. The van der Waals surface area contributed by atoms with E-state index in [9.17, 15) is 14.0 Å². The number of halogens is 1. The molecule has 0 N–H and O–H groups in total. The molecule has 148 valence electrons. The number of fused-ring (bicyclic) bond motifs is 4. The van der Waals surface area contributed by atoms with Crippen LogP contribution in [-0.4, -0.2) is 16.4 Å². The largest absolute Gasteiger partial charge is 0.308 e. The molecule has 4 nitrogen and oxygen atoms in total. The maximum Gasteiger partial charge on any atom is 0.268 e. The van der Waals surface area contributed by atoms with E-state index in [0.29, 0.717) is 22.5 Å². The molecule has 31 heavy (non-hydrogen) atoms. The predicted octanol–water partition coefficient (Wildman–Crippen LogP) is 5.72. The minimum Gasteiger partial charge on any atom is -0.308 e. The van der Waals surface area contributed by atoms with Gasteiger partial charge in [0.1, 0.15) is 5.82 Å². The number of amides is 2. The standard InChI is InChI=1S/C26H15FN2O2/c27-16-12-14-17(15-13-16)28-25(30)20-8-5-11-23(24(20)26(28)31)29-21-9-3-1-6-18(21)19-7-2-4-10-22(19)29/h1-15H. The zero-order valence-corrected chi connectivity index (χ0v) is 16.2. The van der Waals surface area contributed by atoms with Gasteiger partial charge in [0.15, 0.2) is 0 Å². The highest BCUT2D eigenvalue weighted by Crippen LogP contribution is 2.37. The minimum absolute atomic E-state index is 0.341. The lowest BCUT2D eigenvalue weighted by Crippen LogP contribution is -2.29. The first-order valence-corrected chi connectivity index (χ1v) is 9.91. The molecule has 2 amide bonds. The smallest absolute Gasteiger partial charge is 0.268 e. The Kier molecular flexibility index (Phi) is 3.62. The molecule has 1 aliphatic rings. The summed E-state index contributed by atoms with van der Waals surface area (Å²) < 4.78 is 15.4. The Morgan fingerprint density at radius 1 is 0.613 bits per heavy atom. The zero-order chi connectivity index (χ0) is 21.1. The number of anilines is 1. The topological polar surface area (TPSA) is 42.3 Å². The van der Waals surface area contributed by atoms with E-state index < -0.39 is 17.6 Å². The van der Waals surface area contributed by atoms with Gasteiger partial charge in [-0.1, -0.05) is 42.5 Å². The van der Waals surface area contributed by atoms with Crippen molar-refractivity contribution in [1.82, 2.24) is 4.57 Å². The molecule has 1 aromatic heterocycles. The fourth-order valence-electron chi connectivity index (χ4n) is 4.46. The molecule has 0 unspecified atom stereocenters. The van der Waals surface area contributed by atoms with E-state index in [1.165, 1.54) is 24.3 Å². The highest BCUT2D eigenvalue weighted by molar-refractivity contribution is 6.35. The van der Waals surface area contributed by atoms with Gasteiger partial charge >= 0.3 is 0 Å². The molecule has 0 bridgehead atoms. The molecule has 1 aliphatic heterocycles. The second kappa shape index (κ2) is 6.37. The average molecular weight is 406 g/mol. The van der Waals surface area contributed by atoms with E-state index >= 15 is 0 Å². The van der Waals surface area contributed by atoms with Crippen LogP contribution in [0.3, 0.4) is 0 Å². The number of carbonyl (C=O) groups is 2. The van der Waals surface area contributed by atoms with Crippen LogP contribution in [0.1, 0.15) is 20.7 Å². The van der Waals surface area contributed by atoms with Gasteiger partial charge in [-0.05, 0) is 48.5 Å². The van der Waals surface area contributed by atoms with Crippen molar-refractivity contribution in [3.63, 3.8) is 0 Å². The van der Waals surface area contributed by atoms with Crippen molar-refractivity contribution in [2.45, 2.75) is 0 Å². The van der Waals surface area contributed by atoms with Crippen LogP contribution in [0.25, 0.3) is 27.5 Å². The third-order valence-corrected chi connectivity index (χ3v) is 5.80. The Bertz CT molecular complexity index is 1480. The van der Waals surface area contributed by atoms with Crippen molar-refractivity contribution in [3.8, 4) is 5.69 Å². The third kappa shape index (κ3) is 2.40. The summed E-state index contributed by atoms with van der Waals surface area (Å²) in [5, 5.41) is 2.14. The fourth-order valence-corrected chi connectivity index (χ4v) is 4.46. The van der Waals surface area contributed by atoms with E-state index in [4.69, 9.17) is 0 Å². The van der Waals surface area contributed by atoms with Crippen molar-refractivity contribution < 1.29 is 14.0 Å². The summed E-state index contributed by atoms with van der Waals surface area (Å²) >= 11 is 0. The van der Waals surface area contributed by atoms with E-state index in [1.54, 1.807) is 12.1 Å². The monoisotopic (exact) mass is 406 g/mol. The van der Waals surface area contributed by atoms with E-state index in [1.807, 2.05) is 47.0 Å². The van der Waals surface area contributed by atoms with Crippen LogP contribution in [0.2, 0.25) is 0 Å². The molecule has 5 aromatic rings. The number of hydrogen-bond donors (Lipinski definition) is 0. The molecule has 0 radical (unpaired) electrons. The second-order valence-electron chi connectivity index (χ2n) is 7.49. The maximum absolute atomic E-state index is 13.5. The van der Waals surface area contributed by atoms with Crippen LogP contribution in [0.4, 0.5) is 10.1 Å². The summed E-state index contributed by atoms with van der Waals surface area (Å²) in [5.41, 5.74) is 3.60. The third-order valence-electron chi connectivity index (χ3n) is 5.80. The fraction of sp³-hybridized carbons (Fsp3) is 0. The van der Waals surface area contributed by atoms with Crippen molar-refractivity contribution in [1.29, 1.82) is 0 Å². The van der Waals surface area contributed by atoms with Crippen molar-refractivity contribution in [3.05, 3.63) is 108 Å². The highest BCUT2D eigenvalue weighted by Gasteiger charge is 2.39. The first-order valence-electron chi connectivity index (χ1n) is 9.91. The Morgan fingerprint density at radius 2 is 1.23 bits per heavy atom. The van der Waals surface area contributed by atoms with Gasteiger partial charge in [-0.2, -0.15) is 0 Å². The summed E-state index contributed by atoms with van der Waals surface area (Å²) in [6.07, 6.45) is 0. The van der Waals surface area contributed by atoms with Crippen LogP contribution in [-0.2, 0) is 0 Å². The summed E-state index contributed by atoms with van der Waals surface area (Å²) in [5.74, 6) is -1.25. The lowest BCUT2D eigenvalue weighted by atomic mass is 10.1. The number of nitrogens with zero attached hydrogens (tertiary/aromatic N) is 2. The van der Waals surface area contributed by atoms with Gasteiger partial charge in [-0.15, -0.1) is 0 Å². The first kappa shape index (κ1) is 17.6. The predicted molar refractivity (Wildman–Crippen MR) is 118 cm³/mol. The van der Waals surface area contributed by atoms with Crippen LogP contribution < -0.4 is 4.90 Å². The lowest BCUT2D eigenvalue weighted by molar-refractivity contribution is 0.0926. The van der Waals surface area contributed by atoms with Gasteiger partial charge in [0.25, 0.3) is 11.8 Å². The number of para-hydroxylation sites is 2. The number of hydrogen-bond acceptors (Lipinski definition) is 2. The van der Waals surface area contributed by atoms with E-state index in [-0.39, 0.29) is 0 Å². The average Bonchev–Trinajstić information content (AvgIpc) is 3.27. The van der Waals surface area contributed by atoms with Gasteiger partial charge in [-0.3, -0.25) is 9.59 Å². The summed E-state index contributed by atoms with van der Waals surface area (Å²) in [4.78, 5) is 27.7. The quantitative estimate of drug-likeness (QED) is 0.352. The molecule has 0 saturated heterocycles. The molecule has 0 saturated carbocycles. The van der Waals surface area contributed by atoms with Gasteiger partial charge < -0.3 is 4.57 Å². The van der Waals surface area contributed by atoms with Crippen molar-refractivity contribution in [2.75, 3.05) is 4.90 Å². The summed E-state index contributed by atoms with van der Waals surface area (Å²) in [7, 11) is 0. The Morgan fingerprint density at radius 3 is 1.87 bits per heavy atom. The molecule has 6 rings (SSSR count). The van der Waals surface area contributed by atoms with Crippen LogP contribution in [0.5, 0.6) is 0 Å². The van der Waals surface area contributed by atoms with E-state index in [0.717, 1.165) is 26.7 Å². The Labute approximate surface area is 176 Å². The van der Waals surface area contributed by atoms with Gasteiger partial charge in [0, 0.05) is 10.8 Å². The van der Waals surface area contributed by atoms with E-state index in [2.05, 4.69) is 12.1 Å². The number of imide groups is 1. The molecule has 0 fully saturated rings. The van der Waals surface area contributed by atoms with Gasteiger partial charge in [0.05, 0.1) is 33.5 Å². The number of benzene rings is 4. The summed E-state index contributed by atoms with van der Waals surface area (Å²) in [6.45, 7) is 0. The number of aromatic nitrogens is 1. The van der Waals surface area contributed by atoms with Crippen LogP contribution in [0, 0.1) is 5.82 Å². The second-order valence-corrected chi connectivity index (χ2v) is 7.49. The van der Waals surface area contributed by atoms with Gasteiger partial charge in [0.2, 0.25) is 0 Å². The van der Waals surface area contributed by atoms with Crippen LogP contribution >= 0.6 is 0 Å². The summed E-state index contributed by atoms with van der Waals surface area (Å²) in [6, 6.07) is 26.7. The molecule has 0 spiro atoms. The maximum atomic E-state index is 13.5. The Balaban J connectivity index is 1.63. The zero-order valence-electron chi connectivity index (χ0n) is 16.2. The molecular formula is C26H15FN2O2. The number of carbonyl (C=O) groups excluding carboxylic acids is 2. The normalized spacial score (nSPS) is 13.4. The molecule has 0 aliphatic carbocycles. The number of rotatable bonds is 2. The molecule has 5 heteroatoms. The SMILES string of the molecule is O=C1c2cccc(-n3c4ccccc4c4ccccc43)c2C(=O)N1c1ccc(F)cc1. The first-order chi connectivity index (χ1) is 15.1. The Hall–Kier alpha value is -4.25. The molecular weight excluding hydrogens is 391 g/mol. The molecule has 0 atom stereocenters. The van der Waals surface area contributed by atoms with Gasteiger partial charge in [-0.25, -0.2) is 9.29 Å². The molecule has 2 heterocycles. The van der Waals surface area contributed by atoms with Crippen LogP contribution in [0.15, 0.2) is 91.0 Å².